The Morgan fingerprint density at radius 1 is 1.16 bits per heavy atom. The Kier molecular flexibility index (Phi) is 6.04. The number of likely N-dealkylation sites (tertiary alicyclic amines) is 1. The smallest absolute Gasteiger partial charge is 0.272 e. The molecule has 1 amide bonds. The van der Waals surface area contributed by atoms with Gasteiger partial charge in [-0.05, 0) is 68.4 Å². The summed E-state index contributed by atoms with van der Waals surface area (Å²) < 4.78 is 5.48. The summed E-state index contributed by atoms with van der Waals surface area (Å²) in [6.45, 7) is 4.38. The van der Waals surface area contributed by atoms with Crippen LogP contribution in [0.4, 0.5) is 0 Å². The molecule has 1 aromatic heterocycles. The minimum absolute atomic E-state index is 0.0607. The van der Waals surface area contributed by atoms with E-state index < -0.39 is 0 Å². The zero-order valence-corrected chi connectivity index (χ0v) is 14.9. The first-order valence-electron chi connectivity index (χ1n) is 9.18. The molecule has 4 nitrogen and oxygen atoms in total. The van der Waals surface area contributed by atoms with Crippen molar-refractivity contribution in [1.29, 1.82) is 0 Å². The fraction of sp³-hybridized carbons (Fsp3) is 0.429. The Morgan fingerprint density at radius 3 is 2.56 bits per heavy atom. The van der Waals surface area contributed by atoms with E-state index in [9.17, 15) is 4.79 Å². The minimum Gasteiger partial charge on any atom is -0.494 e. The molecule has 0 N–H and O–H groups in total. The molecule has 1 aromatic carbocycles. The number of hydrogen-bond acceptors (Lipinski definition) is 3. The summed E-state index contributed by atoms with van der Waals surface area (Å²) in [7, 11) is 0. The molecule has 1 saturated heterocycles. The number of aryl methyl sites for hydroxylation is 1. The number of carbonyl (C=O) groups is 1. The van der Waals surface area contributed by atoms with Crippen LogP contribution in [0, 0.1) is 5.92 Å². The maximum Gasteiger partial charge on any atom is 0.272 e. The van der Waals surface area contributed by atoms with Crippen molar-refractivity contribution in [2.75, 3.05) is 19.7 Å². The first kappa shape index (κ1) is 17.5. The highest BCUT2D eigenvalue weighted by Gasteiger charge is 2.23. The maximum absolute atomic E-state index is 12.4. The molecule has 25 heavy (non-hydrogen) atoms. The quantitative estimate of drug-likeness (QED) is 0.800. The van der Waals surface area contributed by atoms with E-state index in [-0.39, 0.29) is 5.91 Å². The van der Waals surface area contributed by atoms with Gasteiger partial charge in [-0.3, -0.25) is 9.78 Å². The lowest BCUT2D eigenvalue weighted by Crippen LogP contribution is -2.38. The Labute approximate surface area is 149 Å². The highest BCUT2D eigenvalue weighted by Crippen LogP contribution is 2.24. The fourth-order valence-corrected chi connectivity index (χ4v) is 3.37. The van der Waals surface area contributed by atoms with E-state index >= 15 is 0 Å². The monoisotopic (exact) mass is 338 g/mol. The molecule has 1 fully saturated rings. The summed E-state index contributed by atoms with van der Waals surface area (Å²) in [4.78, 5) is 18.5. The van der Waals surface area contributed by atoms with Crippen molar-refractivity contribution >= 4 is 5.91 Å². The second-order valence-corrected chi connectivity index (χ2v) is 6.57. The molecule has 2 aromatic rings. The fourth-order valence-electron chi connectivity index (χ4n) is 3.37. The molecule has 3 rings (SSSR count). The van der Waals surface area contributed by atoms with Crippen LogP contribution >= 0.6 is 0 Å². The van der Waals surface area contributed by atoms with Crippen LogP contribution in [-0.4, -0.2) is 35.5 Å². The third kappa shape index (κ3) is 4.81. The van der Waals surface area contributed by atoms with Gasteiger partial charge in [-0.1, -0.05) is 18.2 Å². The molecule has 4 heteroatoms. The Morgan fingerprint density at radius 2 is 1.92 bits per heavy atom. The van der Waals surface area contributed by atoms with Crippen LogP contribution in [0.3, 0.4) is 0 Å². The van der Waals surface area contributed by atoms with Crippen molar-refractivity contribution in [3.8, 4) is 5.75 Å². The predicted molar refractivity (Wildman–Crippen MR) is 98.8 cm³/mol. The summed E-state index contributed by atoms with van der Waals surface area (Å²) in [5, 5.41) is 0. The van der Waals surface area contributed by atoms with Crippen molar-refractivity contribution in [1.82, 2.24) is 9.88 Å². The summed E-state index contributed by atoms with van der Waals surface area (Å²) >= 11 is 0. The molecule has 1 aliphatic rings. The van der Waals surface area contributed by atoms with Crippen LogP contribution in [0.5, 0.6) is 5.75 Å². The summed E-state index contributed by atoms with van der Waals surface area (Å²) in [6.07, 6.45) is 6.10. The van der Waals surface area contributed by atoms with Gasteiger partial charge in [-0.15, -0.1) is 0 Å². The number of pyridine rings is 1. The first-order valence-corrected chi connectivity index (χ1v) is 9.18. The van der Waals surface area contributed by atoms with Crippen molar-refractivity contribution in [2.24, 2.45) is 5.92 Å². The Hall–Kier alpha value is -2.36. The number of aromatic nitrogens is 1. The lowest BCUT2D eigenvalue weighted by Gasteiger charge is -2.31. The van der Waals surface area contributed by atoms with E-state index in [1.807, 2.05) is 36.1 Å². The molecule has 0 atom stereocenters. The zero-order valence-electron chi connectivity index (χ0n) is 14.9. The highest BCUT2D eigenvalue weighted by atomic mass is 16.5. The molecule has 132 valence electrons. The lowest BCUT2D eigenvalue weighted by atomic mass is 9.90. The van der Waals surface area contributed by atoms with E-state index in [2.05, 4.69) is 17.1 Å². The van der Waals surface area contributed by atoms with Gasteiger partial charge in [0.15, 0.2) is 0 Å². The van der Waals surface area contributed by atoms with E-state index in [1.54, 1.807) is 12.3 Å². The topological polar surface area (TPSA) is 42.4 Å². The second kappa shape index (κ2) is 8.65. The Bertz CT molecular complexity index is 662. The van der Waals surface area contributed by atoms with Crippen LogP contribution in [0.1, 0.15) is 42.2 Å². The largest absolute Gasteiger partial charge is 0.494 e. The van der Waals surface area contributed by atoms with Gasteiger partial charge in [-0.25, -0.2) is 0 Å². The van der Waals surface area contributed by atoms with Gasteiger partial charge in [0.05, 0.1) is 6.61 Å². The molecular weight excluding hydrogens is 312 g/mol. The van der Waals surface area contributed by atoms with Crippen LogP contribution in [0.2, 0.25) is 0 Å². The predicted octanol–water partition coefficient (Wildman–Crippen LogP) is 3.97. The van der Waals surface area contributed by atoms with E-state index in [4.69, 9.17) is 4.74 Å². The van der Waals surface area contributed by atoms with Gasteiger partial charge in [-0.2, -0.15) is 0 Å². The van der Waals surface area contributed by atoms with Crippen molar-refractivity contribution in [3.63, 3.8) is 0 Å². The molecule has 0 bridgehead atoms. The highest BCUT2D eigenvalue weighted by molar-refractivity contribution is 5.92. The molecular formula is C21H26N2O2. The van der Waals surface area contributed by atoms with Gasteiger partial charge < -0.3 is 9.64 Å². The lowest BCUT2D eigenvalue weighted by molar-refractivity contribution is 0.0681. The average molecular weight is 338 g/mol. The van der Waals surface area contributed by atoms with Crippen LogP contribution in [-0.2, 0) is 6.42 Å². The molecule has 1 aliphatic heterocycles. The minimum atomic E-state index is 0.0607. The van der Waals surface area contributed by atoms with Crippen LogP contribution in [0.25, 0.3) is 0 Å². The number of benzene rings is 1. The number of piperidine rings is 1. The standard InChI is InChI=1S/C21H26N2O2/c1-2-25-19-10-8-17(9-11-19)6-7-18-12-15-23(16-13-18)21(24)20-5-3-4-14-22-20/h3-5,8-11,14,18H,2,6-7,12-13,15-16H2,1H3. The van der Waals surface area contributed by atoms with Crippen molar-refractivity contribution < 1.29 is 9.53 Å². The van der Waals surface area contributed by atoms with Gasteiger partial charge in [0.25, 0.3) is 5.91 Å². The number of hydrogen-bond donors (Lipinski definition) is 0. The molecule has 0 spiro atoms. The number of nitrogens with zero attached hydrogens (tertiary/aromatic N) is 2. The van der Waals surface area contributed by atoms with Gasteiger partial charge in [0.2, 0.25) is 0 Å². The van der Waals surface area contributed by atoms with E-state index in [0.717, 1.165) is 38.1 Å². The number of carbonyl (C=O) groups excluding carboxylic acids is 1. The summed E-state index contributed by atoms with van der Waals surface area (Å²) in [5.41, 5.74) is 1.91. The molecule has 0 radical (unpaired) electrons. The maximum atomic E-state index is 12.4. The van der Waals surface area contributed by atoms with E-state index in [1.165, 1.54) is 12.0 Å². The van der Waals surface area contributed by atoms with E-state index in [0.29, 0.717) is 18.2 Å². The first-order chi connectivity index (χ1) is 12.3. The zero-order chi connectivity index (χ0) is 17.5. The van der Waals surface area contributed by atoms with Crippen LogP contribution in [0.15, 0.2) is 48.7 Å². The van der Waals surface area contributed by atoms with Gasteiger partial charge in [0, 0.05) is 19.3 Å². The Balaban J connectivity index is 1.44. The average Bonchev–Trinajstić information content (AvgIpc) is 2.68. The third-order valence-corrected chi connectivity index (χ3v) is 4.86. The number of amides is 1. The van der Waals surface area contributed by atoms with Crippen molar-refractivity contribution in [3.05, 3.63) is 59.9 Å². The molecule has 0 unspecified atom stereocenters. The third-order valence-electron chi connectivity index (χ3n) is 4.86. The molecule has 2 heterocycles. The normalized spacial score (nSPS) is 15.2. The van der Waals surface area contributed by atoms with Gasteiger partial charge in [0.1, 0.15) is 11.4 Å². The molecule has 0 saturated carbocycles. The van der Waals surface area contributed by atoms with Crippen molar-refractivity contribution in [2.45, 2.75) is 32.6 Å². The molecule has 0 aliphatic carbocycles. The second-order valence-electron chi connectivity index (χ2n) is 6.57. The number of rotatable bonds is 6. The summed E-state index contributed by atoms with van der Waals surface area (Å²) in [6, 6.07) is 13.9. The number of ether oxygens (including phenoxy) is 1. The summed E-state index contributed by atoms with van der Waals surface area (Å²) in [5.74, 6) is 1.69. The van der Waals surface area contributed by atoms with Crippen LogP contribution < -0.4 is 4.74 Å². The SMILES string of the molecule is CCOc1ccc(CCC2CCN(C(=O)c3ccccn3)CC2)cc1. The van der Waals surface area contributed by atoms with Gasteiger partial charge >= 0.3 is 0 Å².